The molecule has 0 radical (unpaired) electrons. The number of aromatic amines is 1. The summed E-state index contributed by atoms with van der Waals surface area (Å²) >= 11 is 0. The topological polar surface area (TPSA) is 91.8 Å². The first-order valence-electron chi connectivity index (χ1n) is 7.66. The maximum Gasteiger partial charge on any atom is 0.315 e. The summed E-state index contributed by atoms with van der Waals surface area (Å²) in [6.07, 6.45) is 4.49. The lowest BCUT2D eigenvalue weighted by Gasteiger charge is -2.10. The molecule has 0 aliphatic rings. The van der Waals surface area contributed by atoms with E-state index in [4.69, 9.17) is 0 Å². The molecule has 0 bridgehead atoms. The second kappa shape index (κ2) is 7.62. The lowest BCUT2D eigenvalue weighted by atomic mass is 10.1. The first kappa shape index (κ1) is 16.8. The fourth-order valence-corrected chi connectivity index (χ4v) is 2.42. The van der Waals surface area contributed by atoms with Gasteiger partial charge in [-0.3, -0.25) is 4.79 Å². The molecule has 2 rings (SSSR count). The summed E-state index contributed by atoms with van der Waals surface area (Å²) in [6.45, 7) is 7.23. The molecule has 0 spiro atoms. The van der Waals surface area contributed by atoms with Crippen molar-refractivity contribution >= 4 is 6.03 Å². The van der Waals surface area contributed by atoms with Crippen LogP contribution in [0.2, 0.25) is 0 Å². The molecule has 2 aromatic heterocycles. The van der Waals surface area contributed by atoms with Gasteiger partial charge in [-0.05, 0) is 38.8 Å². The fraction of sp³-hybridized carbons (Fsp3) is 0.438. The van der Waals surface area contributed by atoms with E-state index >= 15 is 0 Å². The number of nitrogens with one attached hydrogen (secondary N) is 3. The molecule has 0 atom stereocenters. The van der Waals surface area contributed by atoms with Crippen LogP contribution in [0.15, 0.2) is 23.3 Å². The molecule has 0 aromatic carbocycles. The number of H-pyrrole nitrogens is 1. The third kappa shape index (κ3) is 4.70. The van der Waals surface area contributed by atoms with Crippen molar-refractivity contribution in [2.45, 2.75) is 40.3 Å². The van der Waals surface area contributed by atoms with Gasteiger partial charge in [0, 0.05) is 36.7 Å². The SMILES string of the molecule is Cc1cc(C)c(CNC(=O)NCCCn2ccnc2C)c(=O)[nH]1. The molecule has 7 heteroatoms. The first-order valence-corrected chi connectivity index (χ1v) is 7.66. The van der Waals surface area contributed by atoms with E-state index in [0.717, 1.165) is 30.0 Å². The molecule has 0 saturated carbocycles. The molecule has 0 unspecified atom stereocenters. The van der Waals surface area contributed by atoms with Crippen molar-refractivity contribution in [3.05, 3.63) is 51.5 Å². The molecule has 124 valence electrons. The van der Waals surface area contributed by atoms with Crippen LogP contribution in [-0.4, -0.2) is 27.1 Å². The monoisotopic (exact) mass is 317 g/mol. The molecule has 3 N–H and O–H groups in total. The number of rotatable bonds is 6. The molecule has 7 nitrogen and oxygen atoms in total. The molecule has 2 amide bonds. The zero-order valence-corrected chi connectivity index (χ0v) is 13.8. The van der Waals surface area contributed by atoms with E-state index in [2.05, 4.69) is 20.6 Å². The largest absolute Gasteiger partial charge is 0.338 e. The van der Waals surface area contributed by atoms with E-state index in [1.54, 1.807) is 6.20 Å². The minimum Gasteiger partial charge on any atom is -0.338 e. The molecule has 0 fully saturated rings. The summed E-state index contributed by atoms with van der Waals surface area (Å²) in [6, 6.07) is 1.62. The summed E-state index contributed by atoms with van der Waals surface area (Å²) in [5.74, 6) is 0.962. The van der Waals surface area contributed by atoms with Crippen LogP contribution in [0.25, 0.3) is 0 Å². The third-order valence-electron chi connectivity index (χ3n) is 3.70. The number of imidazole rings is 1. The van der Waals surface area contributed by atoms with Gasteiger partial charge < -0.3 is 20.2 Å². The van der Waals surface area contributed by atoms with E-state index in [9.17, 15) is 9.59 Å². The average molecular weight is 317 g/mol. The van der Waals surface area contributed by atoms with Gasteiger partial charge in [-0.1, -0.05) is 0 Å². The van der Waals surface area contributed by atoms with Crippen LogP contribution in [-0.2, 0) is 13.1 Å². The molecule has 0 aliphatic carbocycles. The van der Waals surface area contributed by atoms with Crippen LogP contribution in [0.3, 0.4) is 0 Å². The number of aryl methyl sites for hydroxylation is 4. The number of hydrogen-bond acceptors (Lipinski definition) is 3. The number of hydrogen-bond donors (Lipinski definition) is 3. The van der Waals surface area contributed by atoms with Gasteiger partial charge in [0.1, 0.15) is 5.82 Å². The Bertz CT molecular complexity index is 732. The minimum atomic E-state index is -0.272. The third-order valence-corrected chi connectivity index (χ3v) is 3.70. The standard InChI is InChI=1S/C16H23N5O2/c1-11-9-12(2)20-15(22)14(11)10-19-16(23)18-5-4-7-21-8-6-17-13(21)3/h6,8-9H,4-5,7,10H2,1-3H3,(H,20,22)(H2,18,19,23). The number of carbonyl (C=O) groups is 1. The lowest BCUT2D eigenvalue weighted by molar-refractivity contribution is 0.240. The van der Waals surface area contributed by atoms with E-state index in [1.165, 1.54) is 0 Å². The van der Waals surface area contributed by atoms with E-state index < -0.39 is 0 Å². The molecular formula is C16H23N5O2. The summed E-state index contributed by atoms with van der Waals surface area (Å²) in [4.78, 5) is 30.5. The zero-order chi connectivity index (χ0) is 16.8. The van der Waals surface area contributed by atoms with Crippen molar-refractivity contribution in [1.29, 1.82) is 0 Å². The Morgan fingerprint density at radius 1 is 1.30 bits per heavy atom. The second-order valence-electron chi connectivity index (χ2n) is 5.57. The number of nitrogens with zero attached hydrogens (tertiary/aromatic N) is 2. The Labute approximate surface area is 135 Å². The van der Waals surface area contributed by atoms with E-state index in [-0.39, 0.29) is 18.1 Å². The van der Waals surface area contributed by atoms with Gasteiger partial charge in [0.05, 0.1) is 6.54 Å². The van der Waals surface area contributed by atoms with Gasteiger partial charge in [-0.15, -0.1) is 0 Å². The number of urea groups is 1. The van der Waals surface area contributed by atoms with Crippen molar-refractivity contribution in [3.8, 4) is 0 Å². The molecule has 0 saturated heterocycles. The van der Waals surface area contributed by atoms with E-state index in [1.807, 2.05) is 37.6 Å². The van der Waals surface area contributed by atoms with Crippen LogP contribution < -0.4 is 16.2 Å². The maximum absolute atomic E-state index is 11.9. The van der Waals surface area contributed by atoms with Crippen molar-refractivity contribution in [2.75, 3.05) is 6.54 Å². The van der Waals surface area contributed by atoms with Crippen molar-refractivity contribution in [1.82, 2.24) is 25.2 Å². The van der Waals surface area contributed by atoms with Gasteiger partial charge in [-0.2, -0.15) is 0 Å². The van der Waals surface area contributed by atoms with Gasteiger partial charge >= 0.3 is 6.03 Å². The Morgan fingerprint density at radius 2 is 2.09 bits per heavy atom. The molecule has 23 heavy (non-hydrogen) atoms. The van der Waals surface area contributed by atoms with E-state index in [0.29, 0.717) is 12.1 Å². The summed E-state index contributed by atoms with van der Waals surface area (Å²) in [7, 11) is 0. The Balaban J connectivity index is 1.73. The summed E-state index contributed by atoms with van der Waals surface area (Å²) < 4.78 is 2.04. The highest BCUT2D eigenvalue weighted by Gasteiger charge is 2.07. The highest BCUT2D eigenvalue weighted by Crippen LogP contribution is 2.02. The fourth-order valence-electron chi connectivity index (χ4n) is 2.42. The smallest absolute Gasteiger partial charge is 0.315 e. The van der Waals surface area contributed by atoms with Crippen LogP contribution in [0, 0.1) is 20.8 Å². The van der Waals surface area contributed by atoms with Crippen molar-refractivity contribution < 1.29 is 4.79 Å². The number of pyridine rings is 1. The van der Waals surface area contributed by atoms with Gasteiger partial charge in [-0.25, -0.2) is 9.78 Å². The predicted molar refractivity (Wildman–Crippen MR) is 88.4 cm³/mol. The van der Waals surface area contributed by atoms with Crippen molar-refractivity contribution in [3.63, 3.8) is 0 Å². The maximum atomic E-state index is 11.9. The number of amides is 2. The van der Waals surface area contributed by atoms with Gasteiger partial charge in [0.15, 0.2) is 0 Å². The van der Waals surface area contributed by atoms with Gasteiger partial charge in [0.2, 0.25) is 0 Å². The Hall–Kier alpha value is -2.57. The highest BCUT2D eigenvalue weighted by molar-refractivity contribution is 5.73. The quantitative estimate of drug-likeness (QED) is 0.703. The minimum absolute atomic E-state index is 0.154. The van der Waals surface area contributed by atoms with Crippen molar-refractivity contribution in [2.24, 2.45) is 0 Å². The Morgan fingerprint density at radius 3 is 2.74 bits per heavy atom. The molecule has 0 aliphatic heterocycles. The molecular weight excluding hydrogens is 294 g/mol. The first-order chi connectivity index (χ1) is 11.0. The normalized spacial score (nSPS) is 10.6. The van der Waals surface area contributed by atoms with Crippen LogP contribution in [0.4, 0.5) is 4.79 Å². The Kier molecular flexibility index (Phi) is 5.56. The average Bonchev–Trinajstić information content (AvgIpc) is 2.88. The number of aromatic nitrogens is 3. The van der Waals surface area contributed by atoms with Crippen LogP contribution >= 0.6 is 0 Å². The summed E-state index contributed by atoms with van der Waals surface area (Å²) in [5, 5.41) is 5.51. The van der Waals surface area contributed by atoms with Gasteiger partial charge in [0.25, 0.3) is 5.56 Å². The molecule has 2 aromatic rings. The number of carbonyl (C=O) groups excluding carboxylic acids is 1. The second-order valence-corrected chi connectivity index (χ2v) is 5.57. The zero-order valence-electron chi connectivity index (χ0n) is 13.8. The van der Waals surface area contributed by atoms with Crippen LogP contribution in [0.1, 0.15) is 29.1 Å². The lowest BCUT2D eigenvalue weighted by Crippen LogP contribution is -2.37. The highest BCUT2D eigenvalue weighted by atomic mass is 16.2. The predicted octanol–water partition coefficient (Wildman–Crippen LogP) is 1.39. The van der Waals surface area contributed by atoms with Crippen LogP contribution in [0.5, 0.6) is 0 Å². The summed E-state index contributed by atoms with van der Waals surface area (Å²) in [5.41, 5.74) is 2.12. The molecule has 2 heterocycles.